The van der Waals surface area contributed by atoms with Crippen LogP contribution in [0.5, 0.6) is 0 Å². The molecule has 2 heterocycles. The minimum absolute atomic E-state index is 0.121. The Morgan fingerprint density at radius 2 is 2.26 bits per heavy atom. The summed E-state index contributed by atoms with van der Waals surface area (Å²) in [6.45, 7) is 1.25. The molecule has 4 nitrogen and oxygen atoms in total. The Morgan fingerprint density at radius 3 is 3.00 bits per heavy atom. The summed E-state index contributed by atoms with van der Waals surface area (Å²) >= 11 is 6.59. The van der Waals surface area contributed by atoms with Gasteiger partial charge in [-0.05, 0) is 29.6 Å². The third kappa shape index (κ3) is 3.98. The Labute approximate surface area is 150 Å². The van der Waals surface area contributed by atoms with Gasteiger partial charge in [-0.3, -0.25) is 4.79 Å². The Balaban J connectivity index is 2.00. The molecular formula is C16H15BrN2O2S2. The van der Waals surface area contributed by atoms with Crippen LogP contribution in [0.2, 0.25) is 0 Å². The zero-order valence-corrected chi connectivity index (χ0v) is 15.7. The molecule has 7 heteroatoms. The number of thiophene rings is 1. The normalized spacial score (nSPS) is 12.2. The summed E-state index contributed by atoms with van der Waals surface area (Å²) in [5.74, 6) is -0.121. The van der Waals surface area contributed by atoms with E-state index >= 15 is 0 Å². The van der Waals surface area contributed by atoms with Crippen molar-refractivity contribution in [1.29, 1.82) is 0 Å². The minimum Gasteiger partial charge on any atom is -0.383 e. The van der Waals surface area contributed by atoms with Gasteiger partial charge in [0.2, 0.25) is 0 Å². The fraction of sp³-hybridized carbons (Fsp3) is 0.250. The second-order valence-electron chi connectivity index (χ2n) is 4.90. The van der Waals surface area contributed by atoms with Crippen molar-refractivity contribution in [3.8, 4) is 0 Å². The van der Waals surface area contributed by atoms with E-state index in [1.165, 1.54) is 11.3 Å². The highest BCUT2D eigenvalue weighted by atomic mass is 79.9. The van der Waals surface area contributed by atoms with Crippen LogP contribution in [-0.2, 0) is 22.5 Å². The fourth-order valence-corrected chi connectivity index (χ4v) is 4.56. The highest BCUT2D eigenvalue weighted by Gasteiger charge is 2.09. The second kappa shape index (κ2) is 7.53. The zero-order chi connectivity index (χ0) is 16.2. The molecule has 0 aliphatic heterocycles. The minimum atomic E-state index is -0.121. The first kappa shape index (κ1) is 16.6. The standard InChI is InChI=1S/C16H15BrN2O2S2/c1-21-7-6-19-13-5-4-11(17)9-14(13)23-16(19)18-15(20)10-12-3-2-8-22-12/h2-5,8-9H,6-7,10H2,1H3. The average Bonchev–Trinajstić information content (AvgIpc) is 3.12. The van der Waals surface area contributed by atoms with Gasteiger partial charge in [0.05, 0.1) is 23.2 Å². The summed E-state index contributed by atoms with van der Waals surface area (Å²) in [7, 11) is 1.67. The second-order valence-corrected chi connectivity index (χ2v) is 7.86. The summed E-state index contributed by atoms with van der Waals surface area (Å²) in [6, 6.07) is 9.98. The number of carbonyl (C=O) groups is 1. The molecule has 2 aromatic heterocycles. The number of aromatic nitrogens is 1. The smallest absolute Gasteiger partial charge is 0.253 e. The largest absolute Gasteiger partial charge is 0.383 e. The van der Waals surface area contributed by atoms with Crippen molar-refractivity contribution in [1.82, 2.24) is 4.57 Å². The lowest BCUT2D eigenvalue weighted by Gasteiger charge is -2.04. The number of thiazole rings is 1. The molecule has 0 saturated heterocycles. The van der Waals surface area contributed by atoms with Crippen LogP contribution in [0.15, 0.2) is 45.2 Å². The lowest BCUT2D eigenvalue weighted by atomic mass is 10.3. The number of hydrogen-bond acceptors (Lipinski definition) is 4. The molecule has 120 valence electrons. The predicted molar refractivity (Wildman–Crippen MR) is 98.0 cm³/mol. The molecule has 1 aromatic carbocycles. The summed E-state index contributed by atoms with van der Waals surface area (Å²) < 4.78 is 9.34. The third-order valence-corrected chi connectivity index (χ3v) is 5.70. The SMILES string of the molecule is COCCn1c(=NC(=O)Cc2cccs2)sc2cc(Br)ccc21. The maximum Gasteiger partial charge on any atom is 0.253 e. The molecule has 0 N–H and O–H groups in total. The molecule has 1 amide bonds. The van der Waals surface area contributed by atoms with Crippen LogP contribution in [-0.4, -0.2) is 24.2 Å². The molecule has 0 aliphatic carbocycles. The Morgan fingerprint density at radius 1 is 1.39 bits per heavy atom. The molecule has 3 aromatic rings. The molecule has 0 aliphatic rings. The van der Waals surface area contributed by atoms with Crippen molar-refractivity contribution in [2.24, 2.45) is 4.99 Å². The highest BCUT2D eigenvalue weighted by Crippen LogP contribution is 2.22. The van der Waals surface area contributed by atoms with E-state index in [9.17, 15) is 4.79 Å². The first-order valence-corrected chi connectivity index (χ1v) is 9.54. The summed E-state index contributed by atoms with van der Waals surface area (Å²) in [6.07, 6.45) is 0.347. The van der Waals surface area contributed by atoms with Crippen molar-refractivity contribution >= 4 is 54.7 Å². The third-order valence-electron chi connectivity index (χ3n) is 3.29. The molecule has 23 heavy (non-hydrogen) atoms. The molecule has 3 rings (SSSR count). The van der Waals surface area contributed by atoms with Crippen LogP contribution >= 0.6 is 38.6 Å². The van der Waals surface area contributed by atoms with E-state index in [1.54, 1.807) is 18.4 Å². The van der Waals surface area contributed by atoms with Crippen molar-refractivity contribution in [2.75, 3.05) is 13.7 Å². The lowest BCUT2D eigenvalue weighted by molar-refractivity contribution is -0.117. The van der Waals surface area contributed by atoms with Gasteiger partial charge in [0.15, 0.2) is 4.80 Å². The fourth-order valence-electron chi connectivity index (χ4n) is 2.24. The number of halogens is 1. The van der Waals surface area contributed by atoms with Gasteiger partial charge in [-0.2, -0.15) is 4.99 Å². The van der Waals surface area contributed by atoms with Gasteiger partial charge >= 0.3 is 0 Å². The van der Waals surface area contributed by atoms with Gasteiger partial charge in [0, 0.05) is 23.0 Å². The quantitative estimate of drug-likeness (QED) is 0.640. The first-order valence-electron chi connectivity index (χ1n) is 7.05. The number of hydrogen-bond donors (Lipinski definition) is 0. The first-order chi connectivity index (χ1) is 11.2. The highest BCUT2D eigenvalue weighted by molar-refractivity contribution is 9.10. The van der Waals surface area contributed by atoms with Crippen molar-refractivity contribution in [3.05, 3.63) is 49.9 Å². The van der Waals surface area contributed by atoms with Crippen LogP contribution < -0.4 is 4.80 Å². The van der Waals surface area contributed by atoms with Crippen molar-refractivity contribution < 1.29 is 9.53 Å². The maximum absolute atomic E-state index is 12.2. The van der Waals surface area contributed by atoms with E-state index < -0.39 is 0 Å². The number of methoxy groups -OCH3 is 1. The van der Waals surface area contributed by atoms with Crippen LogP contribution in [0.4, 0.5) is 0 Å². The lowest BCUT2D eigenvalue weighted by Crippen LogP contribution is -2.19. The number of benzene rings is 1. The number of ether oxygens (including phenoxy) is 1. The topological polar surface area (TPSA) is 43.6 Å². The Kier molecular flexibility index (Phi) is 5.42. The summed E-state index contributed by atoms with van der Waals surface area (Å²) in [4.78, 5) is 18.3. The molecule has 0 unspecified atom stereocenters. The van der Waals surface area contributed by atoms with Gasteiger partial charge in [-0.15, -0.1) is 11.3 Å². The Hall–Kier alpha value is -1.28. The summed E-state index contributed by atoms with van der Waals surface area (Å²) in [5.41, 5.74) is 1.07. The van der Waals surface area contributed by atoms with Crippen LogP contribution in [0.3, 0.4) is 0 Å². The number of rotatable bonds is 5. The number of amides is 1. The molecule has 0 saturated carbocycles. The van der Waals surface area contributed by atoms with E-state index in [1.807, 2.05) is 40.3 Å². The van der Waals surface area contributed by atoms with Gasteiger partial charge in [0.1, 0.15) is 0 Å². The van der Waals surface area contributed by atoms with E-state index in [0.717, 1.165) is 24.4 Å². The van der Waals surface area contributed by atoms with E-state index in [-0.39, 0.29) is 5.91 Å². The monoisotopic (exact) mass is 410 g/mol. The van der Waals surface area contributed by atoms with Crippen molar-refractivity contribution in [2.45, 2.75) is 13.0 Å². The molecule has 0 bridgehead atoms. The van der Waals surface area contributed by atoms with Crippen LogP contribution in [0.25, 0.3) is 10.2 Å². The van der Waals surface area contributed by atoms with Crippen LogP contribution in [0.1, 0.15) is 4.88 Å². The predicted octanol–water partition coefficient (Wildman–Crippen LogP) is 3.84. The summed E-state index contributed by atoms with van der Waals surface area (Å²) in [5, 5.41) is 1.97. The number of fused-ring (bicyclic) bond motifs is 1. The van der Waals surface area contributed by atoms with E-state index in [0.29, 0.717) is 19.6 Å². The molecule has 0 radical (unpaired) electrons. The molecule has 0 atom stereocenters. The van der Waals surface area contributed by atoms with Crippen LogP contribution in [0, 0.1) is 0 Å². The maximum atomic E-state index is 12.2. The molecule has 0 fully saturated rings. The van der Waals surface area contributed by atoms with Gasteiger partial charge in [-0.1, -0.05) is 33.3 Å². The molecular weight excluding hydrogens is 396 g/mol. The Bertz CT molecular complexity index is 881. The van der Waals surface area contributed by atoms with E-state index in [4.69, 9.17) is 4.74 Å². The van der Waals surface area contributed by atoms with Gasteiger partial charge in [0.25, 0.3) is 5.91 Å². The van der Waals surface area contributed by atoms with Gasteiger partial charge in [-0.25, -0.2) is 0 Å². The number of nitrogens with zero attached hydrogens (tertiary/aromatic N) is 2. The van der Waals surface area contributed by atoms with E-state index in [2.05, 4.69) is 20.9 Å². The number of carbonyl (C=O) groups excluding carboxylic acids is 1. The molecule has 0 spiro atoms. The zero-order valence-electron chi connectivity index (χ0n) is 12.5. The average molecular weight is 411 g/mol. The van der Waals surface area contributed by atoms with Crippen molar-refractivity contribution in [3.63, 3.8) is 0 Å². The van der Waals surface area contributed by atoms with Gasteiger partial charge < -0.3 is 9.30 Å².